The second-order valence-corrected chi connectivity index (χ2v) is 8.59. The predicted molar refractivity (Wildman–Crippen MR) is 101 cm³/mol. The molecule has 3 N–H and O–H groups in total. The Morgan fingerprint density at radius 1 is 1.25 bits per heavy atom. The molecule has 8 nitrogen and oxygen atoms in total. The van der Waals surface area contributed by atoms with Gasteiger partial charge in [-0.1, -0.05) is 6.92 Å². The van der Waals surface area contributed by atoms with Crippen LogP contribution in [-0.2, 0) is 14.8 Å². The molecule has 1 fully saturated rings. The largest absolute Gasteiger partial charge is 0.511 e. The van der Waals surface area contributed by atoms with Gasteiger partial charge in [-0.2, -0.15) is 17.5 Å². The van der Waals surface area contributed by atoms with E-state index in [1.165, 1.54) is 0 Å². The number of carbonyl (C=O) groups excluding carboxylic acids is 1. The normalized spacial score (nSPS) is 18.6. The van der Waals surface area contributed by atoms with Gasteiger partial charge in [0.1, 0.15) is 0 Å². The lowest BCUT2D eigenvalue weighted by atomic mass is 10.1. The van der Waals surface area contributed by atoms with Gasteiger partial charge in [0.05, 0.1) is 6.54 Å². The zero-order valence-electron chi connectivity index (χ0n) is 16.5. The van der Waals surface area contributed by atoms with Crippen molar-refractivity contribution >= 4 is 21.9 Å². The Bertz CT molecular complexity index is 632. The first kappa shape index (κ1) is 24.5. The number of sulfonamides is 1. The van der Waals surface area contributed by atoms with Crippen molar-refractivity contribution in [3.63, 3.8) is 0 Å². The summed E-state index contributed by atoms with van der Waals surface area (Å²) in [6, 6.07) is -0.104. The number of aliphatic imine (C=N–C) groups is 1. The summed E-state index contributed by atoms with van der Waals surface area (Å²) in [5.74, 6) is 0.357. The molecule has 0 radical (unpaired) electrons. The second kappa shape index (κ2) is 10.8. The first-order valence-corrected chi connectivity index (χ1v) is 10.9. The molecule has 1 rings (SSSR count). The average Bonchev–Trinajstić information content (AvgIpc) is 2.61. The highest BCUT2D eigenvalue weighted by atomic mass is 32.2. The number of hydrogen-bond donors (Lipinski definition) is 3. The highest BCUT2D eigenvalue weighted by Crippen LogP contribution is 2.28. The molecule has 0 aromatic heterocycles. The summed E-state index contributed by atoms with van der Waals surface area (Å²) in [5.41, 5.74) is -5.28. The molecule has 12 heteroatoms. The maximum Gasteiger partial charge on any atom is 0.511 e. The van der Waals surface area contributed by atoms with Crippen LogP contribution in [0.2, 0.25) is 0 Å². The molecule has 0 aliphatic carbocycles. The van der Waals surface area contributed by atoms with Crippen LogP contribution < -0.4 is 16.0 Å². The molecule has 1 unspecified atom stereocenters. The number of nitrogens with one attached hydrogen (secondary N) is 3. The van der Waals surface area contributed by atoms with Crippen LogP contribution in [-0.4, -0.2) is 68.4 Å². The van der Waals surface area contributed by atoms with Crippen LogP contribution in [0.5, 0.6) is 0 Å². The van der Waals surface area contributed by atoms with Crippen molar-refractivity contribution in [2.45, 2.75) is 64.0 Å². The minimum Gasteiger partial charge on any atom is -0.357 e. The van der Waals surface area contributed by atoms with Crippen molar-refractivity contribution in [3.8, 4) is 0 Å². The van der Waals surface area contributed by atoms with E-state index in [-0.39, 0.29) is 56.9 Å². The lowest BCUT2D eigenvalue weighted by molar-refractivity contribution is -0.121. The Morgan fingerprint density at radius 2 is 1.86 bits per heavy atom. The molecule has 28 heavy (non-hydrogen) atoms. The Kier molecular flexibility index (Phi) is 9.48. The summed E-state index contributed by atoms with van der Waals surface area (Å²) in [5, 5.41) is 8.96. The molecule has 1 aliphatic rings. The van der Waals surface area contributed by atoms with E-state index < -0.39 is 15.5 Å². The summed E-state index contributed by atoms with van der Waals surface area (Å²) in [6.07, 6.45) is 1.52. The van der Waals surface area contributed by atoms with Crippen LogP contribution in [0.4, 0.5) is 13.2 Å². The van der Waals surface area contributed by atoms with Crippen molar-refractivity contribution in [3.05, 3.63) is 0 Å². The zero-order valence-corrected chi connectivity index (χ0v) is 17.3. The van der Waals surface area contributed by atoms with Crippen molar-refractivity contribution < 1.29 is 26.4 Å². The number of amides is 1. The average molecular weight is 430 g/mol. The third-order valence-corrected chi connectivity index (χ3v) is 6.03. The number of rotatable bonds is 8. The van der Waals surface area contributed by atoms with Crippen molar-refractivity contribution in [1.82, 2.24) is 20.3 Å². The number of hydrogen-bond acceptors (Lipinski definition) is 4. The van der Waals surface area contributed by atoms with E-state index in [0.717, 1.165) is 6.42 Å². The molecule has 0 bridgehead atoms. The maximum absolute atomic E-state index is 12.6. The van der Waals surface area contributed by atoms with Gasteiger partial charge in [-0.15, -0.1) is 0 Å². The molecule has 1 saturated heterocycles. The van der Waals surface area contributed by atoms with E-state index in [2.05, 4.69) is 20.9 Å². The zero-order chi connectivity index (χ0) is 21.4. The van der Waals surface area contributed by atoms with Gasteiger partial charge in [-0.25, -0.2) is 8.42 Å². The first-order chi connectivity index (χ1) is 13.0. The van der Waals surface area contributed by atoms with E-state index in [0.29, 0.717) is 16.8 Å². The van der Waals surface area contributed by atoms with Gasteiger partial charge in [-0.3, -0.25) is 9.79 Å². The molecule has 0 saturated carbocycles. The Hall–Kier alpha value is -1.56. The summed E-state index contributed by atoms with van der Waals surface area (Å²) < 4.78 is 61.2. The minimum absolute atomic E-state index is 0.0976. The van der Waals surface area contributed by atoms with Crippen molar-refractivity contribution in [2.24, 2.45) is 4.99 Å². The molecule has 1 amide bonds. The van der Waals surface area contributed by atoms with Crippen LogP contribution in [0, 0.1) is 0 Å². The van der Waals surface area contributed by atoms with Crippen LogP contribution in [0.3, 0.4) is 0 Å². The Labute approximate surface area is 164 Å². The summed E-state index contributed by atoms with van der Waals surface area (Å²) in [7, 11) is -5.28. The highest BCUT2D eigenvalue weighted by molar-refractivity contribution is 7.90. The van der Waals surface area contributed by atoms with E-state index in [1.54, 1.807) is 0 Å². The Balaban J connectivity index is 2.54. The molecule has 0 spiro atoms. The quantitative estimate of drug-likeness (QED) is 0.397. The van der Waals surface area contributed by atoms with Gasteiger partial charge in [0, 0.05) is 38.1 Å². The molecule has 1 heterocycles. The van der Waals surface area contributed by atoms with E-state index in [4.69, 9.17) is 0 Å². The van der Waals surface area contributed by atoms with Gasteiger partial charge in [0.2, 0.25) is 5.91 Å². The summed E-state index contributed by atoms with van der Waals surface area (Å²) in [6.45, 7) is 6.17. The van der Waals surface area contributed by atoms with Gasteiger partial charge in [-0.05, 0) is 33.1 Å². The molecular weight excluding hydrogens is 399 g/mol. The molecule has 0 aromatic carbocycles. The van der Waals surface area contributed by atoms with Crippen LogP contribution in [0.1, 0.15) is 46.5 Å². The van der Waals surface area contributed by atoms with Gasteiger partial charge in [0.25, 0.3) is 0 Å². The van der Waals surface area contributed by atoms with Crippen LogP contribution in [0.25, 0.3) is 0 Å². The fraction of sp³-hybridized carbons (Fsp3) is 0.875. The standard InChI is InChI=1S/C16H30F3N5O3S/c1-4-12(3)22-14(25)6-9-21-15(20-5-2)23-13-7-10-24(11-8-13)28(26,27)16(17,18)19/h12-13H,4-11H2,1-3H3,(H,22,25)(H2,20,21,23). The number of nitrogens with zero attached hydrogens (tertiary/aromatic N) is 2. The number of carbonyl (C=O) groups is 1. The van der Waals surface area contributed by atoms with E-state index in [1.807, 2.05) is 20.8 Å². The maximum atomic E-state index is 12.6. The van der Waals surface area contributed by atoms with Gasteiger partial charge < -0.3 is 16.0 Å². The van der Waals surface area contributed by atoms with Crippen molar-refractivity contribution in [1.29, 1.82) is 0 Å². The fourth-order valence-electron chi connectivity index (χ4n) is 2.62. The van der Waals surface area contributed by atoms with E-state index >= 15 is 0 Å². The number of guanidine groups is 1. The fourth-order valence-corrected chi connectivity index (χ4v) is 3.60. The first-order valence-electron chi connectivity index (χ1n) is 9.41. The molecular formula is C16H30F3N5O3S. The predicted octanol–water partition coefficient (Wildman–Crippen LogP) is 1.16. The smallest absolute Gasteiger partial charge is 0.357 e. The lowest BCUT2D eigenvalue weighted by Crippen LogP contribution is -2.51. The second-order valence-electron chi connectivity index (χ2n) is 6.66. The minimum atomic E-state index is -5.28. The number of halogens is 3. The third kappa shape index (κ3) is 7.46. The van der Waals surface area contributed by atoms with E-state index in [9.17, 15) is 26.4 Å². The van der Waals surface area contributed by atoms with Crippen LogP contribution >= 0.6 is 0 Å². The summed E-state index contributed by atoms with van der Waals surface area (Å²) >= 11 is 0. The molecule has 0 aromatic rings. The van der Waals surface area contributed by atoms with Crippen molar-refractivity contribution in [2.75, 3.05) is 26.2 Å². The molecule has 164 valence electrons. The van der Waals surface area contributed by atoms with Gasteiger partial charge >= 0.3 is 15.5 Å². The molecule has 1 atom stereocenters. The number of piperidine rings is 1. The molecule has 1 aliphatic heterocycles. The number of alkyl halides is 3. The topological polar surface area (TPSA) is 103 Å². The summed E-state index contributed by atoms with van der Waals surface area (Å²) in [4.78, 5) is 16.1. The van der Waals surface area contributed by atoms with Gasteiger partial charge in [0.15, 0.2) is 5.96 Å². The Morgan fingerprint density at radius 3 is 2.36 bits per heavy atom. The monoisotopic (exact) mass is 429 g/mol. The third-order valence-electron chi connectivity index (χ3n) is 4.40. The highest BCUT2D eigenvalue weighted by Gasteiger charge is 2.50. The lowest BCUT2D eigenvalue weighted by Gasteiger charge is -2.32. The SMILES string of the molecule is CCNC(=NCCC(=O)NC(C)CC)NC1CCN(S(=O)(=O)C(F)(F)F)CC1. The van der Waals surface area contributed by atoms with Crippen LogP contribution in [0.15, 0.2) is 4.99 Å².